The Labute approximate surface area is 335 Å². The molecule has 0 bridgehead atoms. The van der Waals surface area contributed by atoms with Crippen LogP contribution in [-0.2, 0) is 0 Å². The number of aromatic nitrogens is 7. The highest BCUT2D eigenvalue weighted by Gasteiger charge is 2.31. The lowest BCUT2D eigenvalue weighted by atomic mass is 9.99. The fourth-order valence-corrected chi connectivity index (χ4v) is 10.1. The quantitative estimate of drug-likeness (QED) is 0.180. The van der Waals surface area contributed by atoms with Gasteiger partial charge in [0.2, 0.25) is 11.9 Å². The molecule has 59 heavy (non-hydrogen) atoms. The molecule has 7 nitrogen and oxygen atoms in total. The van der Waals surface area contributed by atoms with Crippen molar-refractivity contribution in [1.29, 1.82) is 0 Å². The molecule has 0 saturated heterocycles. The second kappa shape index (κ2) is 11.2. The third-order valence-electron chi connectivity index (χ3n) is 12.4. The predicted molar refractivity (Wildman–Crippen MR) is 240 cm³/mol. The molecule has 0 fully saturated rings. The van der Waals surface area contributed by atoms with Crippen LogP contribution < -0.4 is 0 Å². The Bertz CT molecular complexity index is 3910. The third-order valence-corrected chi connectivity index (χ3v) is 12.4. The van der Waals surface area contributed by atoms with Crippen molar-refractivity contribution in [2.24, 2.45) is 0 Å². The van der Waals surface area contributed by atoms with Crippen molar-refractivity contribution in [2.75, 3.05) is 0 Å². The molecule has 0 unspecified atom stereocenters. The molecule has 8 aromatic carbocycles. The summed E-state index contributed by atoms with van der Waals surface area (Å²) >= 11 is 0. The van der Waals surface area contributed by atoms with Gasteiger partial charge in [0.1, 0.15) is 0 Å². The molecule has 0 radical (unpaired) electrons. The van der Waals surface area contributed by atoms with Gasteiger partial charge in [0, 0.05) is 54.5 Å². The zero-order valence-electron chi connectivity index (χ0n) is 31.4. The van der Waals surface area contributed by atoms with Gasteiger partial charge in [0.05, 0.1) is 49.9 Å². The van der Waals surface area contributed by atoms with Crippen LogP contribution in [-0.4, -0.2) is 33.6 Å². The Balaban J connectivity index is 1.16. The maximum Gasteiger partial charge on any atom is 0.237 e. The van der Waals surface area contributed by atoms with E-state index in [4.69, 9.17) is 19.9 Å². The van der Waals surface area contributed by atoms with E-state index in [1.54, 1.807) is 0 Å². The van der Waals surface area contributed by atoms with Crippen LogP contribution in [0.4, 0.5) is 0 Å². The lowest BCUT2D eigenvalue weighted by molar-refractivity contribution is 0.977. The van der Waals surface area contributed by atoms with Crippen molar-refractivity contribution in [2.45, 2.75) is 0 Å². The maximum absolute atomic E-state index is 5.52. The molecule has 1 aliphatic rings. The zero-order valence-corrected chi connectivity index (χ0v) is 31.4. The summed E-state index contributed by atoms with van der Waals surface area (Å²) in [5.41, 5.74) is 12.0. The first kappa shape index (κ1) is 31.0. The molecule has 1 aliphatic carbocycles. The van der Waals surface area contributed by atoms with Gasteiger partial charge in [-0.15, -0.1) is 0 Å². The zero-order chi connectivity index (χ0) is 38.3. The highest BCUT2D eigenvalue weighted by molar-refractivity contribution is 6.36. The van der Waals surface area contributed by atoms with Crippen LogP contribution in [0, 0.1) is 0 Å². The van der Waals surface area contributed by atoms with Crippen molar-refractivity contribution >= 4 is 87.2 Å². The summed E-state index contributed by atoms with van der Waals surface area (Å²) in [5, 5.41) is 10.2. The summed E-state index contributed by atoms with van der Waals surface area (Å²) in [5.74, 6) is 1.15. The molecule has 0 N–H and O–H groups in total. The van der Waals surface area contributed by atoms with Crippen molar-refractivity contribution < 1.29 is 0 Å². The predicted octanol–water partition coefficient (Wildman–Crippen LogP) is 12.5. The van der Waals surface area contributed by atoms with Gasteiger partial charge in [-0.2, -0.15) is 9.97 Å². The first-order valence-corrected chi connectivity index (χ1v) is 19.9. The van der Waals surface area contributed by atoms with E-state index in [0.717, 1.165) is 93.6 Å². The van der Waals surface area contributed by atoms with Gasteiger partial charge < -0.3 is 4.57 Å². The molecule has 5 heterocycles. The summed E-state index contributed by atoms with van der Waals surface area (Å²) in [4.78, 5) is 21.7. The molecule has 272 valence electrons. The largest absolute Gasteiger partial charge is 0.309 e. The molecule has 5 aromatic heterocycles. The van der Waals surface area contributed by atoms with E-state index in [-0.39, 0.29) is 0 Å². The van der Waals surface area contributed by atoms with E-state index in [1.807, 2.05) is 0 Å². The van der Waals surface area contributed by atoms with Crippen molar-refractivity contribution in [3.8, 4) is 40.1 Å². The second-order valence-electron chi connectivity index (χ2n) is 15.4. The van der Waals surface area contributed by atoms with Crippen molar-refractivity contribution in [3.63, 3.8) is 0 Å². The Hall–Kier alpha value is -8.16. The Kier molecular flexibility index (Phi) is 5.90. The summed E-state index contributed by atoms with van der Waals surface area (Å²) < 4.78 is 6.89. The first-order chi connectivity index (χ1) is 29.3. The van der Waals surface area contributed by atoms with Crippen LogP contribution in [0.2, 0.25) is 0 Å². The maximum atomic E-state index is 5.52. The molecular formula is C52H29N7. The number of hydrogen-bond donors (Lipinski definition) is 0. The van der Waals surface area contributed by atoms with Crippen LogP contribution >= 0.6 is 0 Å². The van der Waals surface area contributed by atoms with Gasteiger partial charge in [-0.3, -0.25) is 9.13 Å². The number of benzene rings is 8. The molecule has 13 aromatic rings. The summed E-state index contributed by atoms with van der Waals surface area (Å²) in [6.07, 6.45) is 0. The lowest BCUT2D eigenvalue weighted by Gasteiger charge is -2.13. The minimum absolute atomic E-state index is 0.570. The average Bonchev–Trinajstić information content (AvgIpc) is 4.03. The standard InChI is InChI=1S/C52H29N7/c1-2-16-30(17-3-1)57-41-28-14-10-24-37(41)43-33-20-4-7-23-36(33)48-44(49(43)57)38-25-11-15-29-42(38)59(48)52-54-47-35-22-6-5-21-34(35)46-45(47)50(56-52)55-51(53-46)58-39-26-12-8-18-31(39)32-19-9-13-27-40(32)58/h1-29H. The molecule has 0 amide bonds. The van der Waals surface area contributed by atoms with Crippen LogP contribution in [0.15, 0.2) is 176 Å². The van der Waals surface area contributed by atoms with Gasteiger partial charge in [-0.05, 0) is 41.8 Å². The summed E-state index contributed by atoms with van der Waals surface area (Å²) in [6, 6.07) is 62.3. The van der Waals surface area contributed by atoms with E-state index < -0.39 is 0 Å². The van der Waals surface area contributed by atoms with E-state index >= 15 is 0 Å². The van der Waals surface area contributed by atoms with E-state index in [2.05, 4.69) is 190 Å². The Morgan fingerprint density at radius 2 is 0.729 bits per heavy atom. The molecule has 0 atom stereocenters. The molecule has 0 aliphatic heterocycles. The van der Waals surface area contributed by atoms with E-state index in [1.165, 1.54) is 16.2 Å². The van der Waals surface area contributed by atoms with Crippen LogP contribution in [0.1, 0.15) is 0 Å². The van der Waals surface area contributed by atoms with E-state index in [9.17, 15) is 0 Å². The number of fused-ring (bicyclic) bond motifs is 16. The minimum atomic E-state index is 0.570. The summed E-state index contributed by atoms with van der Waals surface area (Å²) in [7, 11) is 0. The summed E-state index contributed by atoms with van der Waals surface area (Å²) in [6.45, 7) is 0. The van der Waals surface area contributed by atoms with Gasteiger partial charge >= 0.3 is 0 Å². The smallest absolute Gasteiger partial charge is 0.237 e. The second-order valence-corrected chi connectivity index (χ2v) is 15.4. The van der Waals surface area contributed by atoms with Gasteiger partial charge in [0.25, 0.3) is 0 Å². The van der Waals surface area contributed by atoms with Crippen LogP contribution in [0.25, 0.3) is 127 Å². The molecule has 0 spiro atoms. The van der Waals surface area contributed by atoms with Gasteiger partial charge in [-0.25, -0.2) is 9.97 Å². The topological polar surface area (TPSA) is 66.3 Å². The number of nitrogens with zero attached hydrogens (tertiary/aromatic N) is 7. The fourth-order valence-electron chi connectivity index (χ4n) is 10.1. The minimum Gasteiger partial charge on any atom is -0.309 e. The average molecular weight is 752 g/mol. The first-order valence-electron chi connectivity index (χ1n) is 19.9. The normalized spacial score (nSPS) is 12.4. The van der Waals surface area contributed by atoms with Gasteiger partial charge in [0.15, 0.2) is 5.65 Å². The van der Waals surface area contributed by atoms with Crippen molar-refractivity contribution in [3.05, 3.63) is 176 Å². The third kappa shape index (κ3) is 3.95. The highest BCUT2D eigenvalue weighted by Crippen LogP contribution is 2.49. The Morgan fingerprint density at radius 1 is 0.288 bits per heavy atom. The number of hydrogen-bond acceptors (Lipinski definition) is 4. The number of para-hydroxylation sites is 5. The fraction of sp³-hybridized carbons (Fsp3) is 0. The van der Waals surface area contributed by atoms with Crippen LogP contribution in [0.3, 0.4) is 0 Å². The van der Waals surface area contributed by atoms with Crippen molar-refractivity contribution in [1.82, 2.24) is 33.6 Å². The Morgan fingerprint density at radius 3 is 1.34 bits per heavy atom. The molecule has 7 heteroatoms. The van der Waals surface area contributed by atoms with Gasteiger partial charge in [-0.1, -0.05) is 140 Å². The molecular weight excluding hydrogens is 723 g/mol. The molecule has 14 rings (SSSR count). The number of rotatable bonds is 3. The van der Waals surface area contributed by atoms with Crippen LogP contribution in [0.5, 0.6) is 0 Å². The highest BCUT2D eigenvalue weighted by atomic mass is 15.2. The molecule has 0 saturated carbocycles. The van der Waals surface area contributed by atoms with E-state index in [0.29, 0.717) is 17.5 Å². The lowest BCUT2D eigenvalue weighted by Crippen LogP contribution is -2.07. The SMILES string of the molecule is c1ccc(-n2c3ccccc3c3c4ccccc4c4c(c5ccccc5n4-c4nc5c6c(nc(-n7c8ccccc8c8ccccc87)nc6n4)-c4ccccc4-5)c32)cc1. The monoisotopic (exact) mass is 751 g/mol.